The van der Waals surface area contributed by atoms with Crippen molar-refractivity contribution in [1.82, 2.24) is 19.7 Å². The molecule has 1 aliphatic carbocycles. The largest absolute Gasteiger partial charge is 0.477 e. The smallest absolute Gasteiger partial charge is 0.354 e. The molecule has 1 saturated heterocycles. The highest BCUT2D eigenvalue weighted by molar-refractivity contribution is 5.99. The van der Waals surface area contributed by atoms with Crippen LogP contribution < -0.4 is 4.90 Å². The highest BCUT2D eigenvalue weighted by Gasteiger charge is 2.33. The SMILES string of the molecule is CCN(CC)C(=O)C1CCCN(c2cc(C(=O)O)nc3c2c(C2CCC2)nn3-c2ccccc2)C1. The predicted octanol–water partition coefficient (Wildman–Crippen LogP) is 4.47. The number of aromatic carboxylic acids is 1. The first kappa shape index (κ1) is 23.3. The molecule has 2 aromatic heterocycles. The first-order valence-electron chi connectivity index (χ1n) is 12.8. The van der Waals surface area contributed by atoms with Gasteiger partial charge in [-0.1, -0.05) is 24.6 Å². The number of aromatic nitrogens is 3. The van der Waals surface area contributed by atoms with Gasteiger partial charge < -0.3 is 14.9 Å². The maximum Gasteiger partial charge on any atom is 0.354 e. The summed E-state index contributed by atoms with van der Waals surface area (Å²) < 4.78 is 1.79. The van der Waals surface area contributed by atoms with Crippen LogP contribution >= 0.6 is 0 Å². The number of hydrogen-bond donors (Lipinski definition) is 1. The first-order valence-corrected chi connectivity index (χ1v) is 12.8. The van der Waals surface area contributed by atoms with Crippen LogP contribution in [0.3, 0.4) is 0 Å². The number of amides is 1. The summed E-state index contributed by atoms with van der Waals surface area (Å²) in [5, 5.41) is 15.8. The quantitative estimate of drug-likeness (QED) is 0.542. The molecule has 3 heterocycles. The molecule has 184 valence electrons. The molecule has 1 atom stereocenters. The van der Waals surface area contributed by atoms with Crippen molar-refractivity contribution in [1.29, 1.82) is 0 Å². The summed E-state index contributed by atoms with van der Waals surface area (Å²) in [5.41, 5.74) is 3.27. The minimum atomic E-state index is -1.06. The highest BCUT2D eigenvalue weighted by Crippen LogP contribution is 2.43. The van der Waals surface area contributed by atoms with Crippen molar-refractivity contribution in [2.45, 2.75) is 51.9 Å². The number of piperidine rings is 1. The van der Waals surface area contributed by atoms with E-state index in [0.717, 1.165) is 54.7 Å². The summed E-state index contributed by atoms with van der Waals surface area (Å²) in [7, 11) is 0. The summed E-state index contributed by atoms with van der Waals surface area (Å²) in [6, 6.07) is 11.5. The topological polar surface area (TPSA) is 91.6 Å². The molecule has 3 aromatic rings. The first-order chi connectivity index (χ1) is 17.0. The van der Waals surface area contributed by atoms with E-state index in [1.807, 2.05) is 49.1 Å². The molecule has 1 saturated carbocycles. The predicted molar refractivity (Wildman–Crippen MR) is 135 cm³/mol. The summed E-state index contributed by atoms with van der Waals surface area (Å²) >= 11 is 0. The van der Waals surface area contributed by atoms with Crippen LogP contribution in [-0.2, 0) is 4.79 Å². The molecule has 1 aliphatic heterocycles. The number of hydrogen-bond acceptors (Lipinski definition) is 5. The van der Waals surface area contributed by atoms with Gasteiger partial charge in [-0.2, -0.15) is 5.10 Å². The maximum absolute atomic E-state index is 13.2. The van der Waals surface area contributed by atoms with Gasteiger partial charge in [0.1, 0.15) is 0 Å². The van der Waals surface area contributed by atoms with E-state index >= 15 is 0 Å². The third-order valence-corrected chi connectivity index (χ3v) is 7.54. The Bertz CT molecular complexity index is 1230. The zero-order valence-corrected chi connectivity index (χ0v) is 20.5. The molecule has 2 fully saturated rings. The number of benzene rings is 1. The zero-order valence-electron chi connectivity index (χ0n) is 20.5. The average molecular weight is 476 g/mol. The molecule has 0 bridgehead atoms. The summed E-state index contributed by atoms with van der Waals surface area (Å²) in [4.78, 5) is 33.9. The number of anilines is 1. The molecular formula is C27H33N5O3. The molecule has 8 heteroatoms. The van der Waals surface area contributed by atoms with Gasteiger partial charge in [0.05, 0.1) is 28.4 Å². The van der Waals surface area contributed by atoms with Crippen molar-refractivity contribution in [2.24, 2.45) is 5.92 Å². The lowest BCUT2D eigenvalue weighted by atomic mass is 9.81. The number of para-hydroxylation sites is 1. The monoisotopic (exact) mass is 475 g/mol. The van der Waals surface area contributed by atoms with Gasteiger partial charge in [-0.25, -0.2) is 14.5 Å². The van der Waals surface area contributed by atoms with Gasteiger partial charge in [0.15, 0.2) is 11.3 Å². The number of carboxylic acid groups (broad SMARTS) is 1. The second kappa shape index (κ2) is 9.68. The zero-order chi connectivity index (χ0) is 24.5. The summed E-state index contributed by atoms with van der Waals surface area (Å²) in [5.74, 6) is -0.636. The minimum Gasteiger partial charge on any atom is -0.477 e. The number of carbonyl (C=O) groups excluding carboxylic acids is 1. The fourth-order valence-electron chi connectivity index (χ4n) is 5.39. The lowest BCUT2D eigenvalue weighted by Gasteiger charge is -2.36. The van der Waals surface area contributed by atoms with E-state index in [9.17, 15) is 14.7 Å². The molecule has 1 unspecified atom stereocenters. The van der Waals surface area contributed by atoms with Gasteiger partial charge in [-0.3, -0.25) is 4.79 Å². The van der Waals surface area contributed by atoms with E-state index < -0.39 is 5.97 Å². The molecule has 1 amide bonds. The van der Waals surface area contributed by atoms with Crippen molar-refractivity contribution < 1.29 is 14.7 Å². The van der Waals surface area contributed by atoms with Crippen molar-refractivity contribution in [3.63, 3.8) is 0 Å². The molecule has 8 nitrogen and oxygen atoms in total. The number of fused-ring (bicyclic) bond motifs is 1. The second-order valence-electron chi connectivity index (χ2n) is 9.59. The lowest BCUT2D eigenvalue weighted by molar-refractivity contribution is -0.135. The normalized spacial score (nSPS) is 18.5. The summed E-state index contributed by atoms with van der Waals surface area (Å²) in [6.45, 7) is 6.77. The Morgan fingerprint density at radius 2 is 1.83 bits per heavy atom. The van der Waals surface area contributed by atoms with Crippen molar-refractivity contribution in [2.75, 3.05) is 31.1 Å². The number of carboxylic acids is 1. The van der Waals surface area contributed by atoms with Gasteiger partial charge in [0.2, 0.25) is 5.91 Å². The third kappa shape index (κ3) is 4.26. The van der Waals surface area contributed by atoms with Gasteiger partial charge in [-0.15, -0.1) is 0 Å². The molecule has 2 aliphatic rings. The Morgan fingerprint density at radius 1 is 1.09 bits per heavy atom. The molecule has 5 rings (SSSR count). The summed E-state index contributed by atoms with van der Waals surface area (Å²) in [6.07, 6.45) is 5.05. The highest BCUT2D eigenvalue weighted by atomic mass is 16.4. The molecule has 1 N–H and O–H groups in total. The van der Waals surface area contributed by atoms with Crippen molar-refractivity contribution in [3.8, 4) is 5.69 Å². The number of rotatable bonds is 7. The van der Waals surface area contributed by atoms with Gasteiger partial charge >= 0.3 is 5.97 Å². The van der Waals surface area contributed by atoms with Gasteiger partial charge in [-0.05, 0) is 57.7 Å². The van der Waals surface area contributed by atoms with Crippen LogP contribution in [0, 0.1) is 5.92 Å². The van der Waals surface area contributed by atoms with Crippen LogP contribution in [0.15, 0.2) is 36.4 Å². The Kier molecular flexibility index (Phi) is 6.45. The van der Waals surface area contributed by atoms with E-state index in [0.29, 0.717) is 31.2 Å². The van der Waals surface area contributed by atoms with E-state index in [-0.39, 0.29) is 17.5 Å². The van der Waals surface area contributed by atoms with Crippen LogP contribution in [0.5, 0.6) is 0 Å². The number of carbonyl (C=O) groups is 2. The molecular weight excluding hydrogens is 442 g/mol. The molecule has 0 spiro atoms. The lowest BCUT2D eigenvalue weighted by Crippen LogP contribution is -2.45. The van der Waals surface area contributed by atoms with Crippen LogP contribution in [0.4, 0.5) is 5.69 Å². The van der Waals surface area contributed by atoms with Gasteiger partial charge in [0.25, 0.3) is 0 Å². The van der Waals surface area contributed by atoms with E-state index in [4.69, 9.17) is 5.10 Å². The van der Waals surface area contributed by atoms with Crippen molar-refractivity contribution in [3.05, 3.63) is 47.8 Å². The Balaban J connectivity index is 1.65. The molecule has 0 radical (unpaired) electrons. The fraction of sp³-hybridized carbons (Fsp3) is 0.481. The second-order valence-corrected chi connectivity index (χ2v) is 9.59. The molecule has 1 aromatic carbocycles. The number of nitrogens with zero attached hydrogens (tertiary/aromatic N) is 5. The van der Waals surface area contributed by atoms with Crippen LogP contribution in [-0.4, -0.2) is 62.8 Å². The maximum atomic E-state index is 13.2. The fourth-order valence-corrected chi connectivity index (χ4v) is 5.39. The molecule has 35 heavy (non-hydrogen) atoms. The van der Waals surface area contributed by atoms with E-state index in [1.165, 1.54) is 6.42 Å². The van der Waals surface area contributed by atoms with E-state index in [2.05, 4.69) is 9.88 Å². The standard InChI is InChI=1S/C27H33N5O3/c1-3-30(4-2)26(33)19-12-9-15-31(17-19)22-16-21(27(34)35)28-25-23(22)24(18-10-8-11-18)29-32(25)20-13-6-5-7-14-20/h5-7,13-14,16,18-19H,3-4,8-12,15,17H2,1-2H3,(H,34,35). The minimum absolute atomic E-state index is 0.00179. The van der Waals surface area contributed by atoms with E-state index in [1.54, 1.807) is 10.7 Å². The number of pyridine rings is 1. The van der Waals surface area contributed by atoms with Gasteiger partial charge in [0, 0.05) is 32.1 Å². The van der Waals surface area contributed by atoms with Crippen LogP contribution in [0.1, 0.15) is 68.1 Å². The van der Waals surface area contributed by atoms with Crippen LogP contribution in [0.2, 0.25) is 0 Å². The third-order valence-electron chi connectivity index (χ3n) is 7.54. The Hall–Kier alpha value is -3.42. The van der Waals surface area contributed by atoms with Crippen LogP contribution in [0.25, 0.3) is 16.7 Å². The average Bonchev–Trinajstić information content (AvgIpc) is 3.22. The Labute approximate surface area is 205 Å². The van der Waals surface area contributed by atoms with Crippen molar-refractivity contribution >= 4 is 28.6 Å². The Morgan fingerprint density at radius 3 is 2.46 bits per heavy atom.